The van der Waals surface area contributed by atoms with E-state index in [-0.39, 0.29) is 11.7 Å². The predicted octanol–water partition coefficient (Wildman–Crippen LogP) is 3.21. The van der Waals surface area contributed by atoms with Crippen molar-refractivity contribution in [3.8, 4) is 0 Å². The van der Waals surface area contributed by atoms with E-state index < -0.39 is 0 Å². The van der Waals surface area contributed by atoms with Crippen LogP contribution in [0.2, 0.25) is 0 Å². The van der Waals surface area contributed by atoms with Gasteiger partial charge in [0.05, 0.1) is 0 Å². The number of nitrogens with zero attached hydrogens (tertiary/aromatic N) is 1. The molecule has 104 valence electrons. The molecular weight excluding hydrogens is 257 g/mol. The molecular formula is C15H16FN3O. The zero-order valence-electron chi connectivity index (χ0n) is 11.4. The highest BCUT2D eigenvalue weighted by Crippen LogP contribution is 2.17. The minimum absolute atomic E-state index is 0.291. The van der Waals surface area contributed by atoms with Gasteiger partial charge in [0.1, 0.15) is 11.6 Å². The van der Waals surface area contributed by atoms with Crippen LogP contribution in [0, 0.1) is 12.7 Å². The van der Waals surface area contributed by atoms with Crippen LogP contribution in [0.25, 0.3) is 0 Å². The highest BCUT2D eigenvalue weighted by atomic mass is 19.1. The smallest absolute Gasteiger partial charge is 0.255 e. The fraction of sp³-hybridized carbons (Fsp3) is 0.200. The van der Waals surface area contributed by atoms with Crippen molar-refractivity contribution in [3.63, 3.8) is 0 Å². The zero-order valence-corrected chi connectivity index (χ0v) is 11.4. The molecule has 0 unspecified atom stereocenters. The van der Waals surface area contributed by atoms with Crippen molar-refractivity contribution in [1.82, 2.24) is 4.98 Å². The maximum atomic E-state index is 13.2. The third kappa shape index (κ3) is 3.32. The van der Waals surface area contributed by atoms with Gasteiger partial charge in [0, 0.05) is 24.0 Å². The largest absolute Gasteiger partial charge is 0.370 e. The van der Waals surface area contributed by atoms with Crippen LogP contribution in [0.4, 0.5) is 15.9 Å². The van der Waals surface area contributed by atoms with E-state index in [0.29, 0.717) is 17.1 Å². The van der Waals surface area contributed by atoms with Gasteiger partial charge in [-0.15, -0.1) is 0 Å². The monoisotopic (exact) mass is 273 g/mol. The van der Waals surface area contributed by atoms with Crippen LogP contribution in [-0.4, -0.2) is 17.4 Å². The molecule has 4 nitrogen and oxygen atoms in total. The molecule has 0 aliphatic carbocycles. The third-order valence-electron chi connectivity index (χ3n) is 2.83. The van der Waals surface area contributed by atoms with E-state index in [0.717, 1.165) is 12.1 Å². The van der Waals surface area contributed by atoms with Crippen molar-refractivity contribution >= 4 is 17.4 Å². The number of aryl methyl sites for hydroxylation is 1. The molecule has 5 heteroatoms. The third-order valence-corrected chi connectivity index (χ3v) is 2.83. The molecule has 2 rings (SSSR count). The summed E-state index contributed by atoms with van der Waals surface area (Å²) in [4.78, 5) is 16.2. The SMILES string of the molecule is CCNc1cc(C(=O)Nc2cc(F)ccc2C)ccn1. The van der Waals surface area contributed by atoms with Gasteiger partial charge < -0.3 is 10.6 Å². The number of benzene rings is 1. The van der Waals surface area contributed by atoms with Crippen LogP contribution in [0.1, 0.15) is 22.8 Å². The van der Waals surface area contributed by atoms with Crippen LogP contribution >= 0.6 is 0 Å². The molecule has 20 heavy (non-hydrogen) atoms. The van der Waals surface area contributed by atoms with Gasteiger partial charge in [-0.25, -0.2) is 9.37 Å². The van der Waals surface area contributed by atoms with Crippen LogP contribution in [0.3, 0.4) is 0 Å². The van der Waals surface area contributed by atoms with Crippen molar-refractivity contribution in [3.05, 3.63) is 53.5 Å². The van der Waals surface area contributed by atoms with Crippen molar-refractivity contribution in [1.29, 1.82) is 0 Å². The van der Waals surface area contributed by atoms with Gasteiger partial charge in [-0.1, -0.05) is 6.07 Å². The molecule has 2 N–H and O–H groups in total. The molecule has 0 aliphatic rings. The second-order valence-corrected chi connectivity index (χ2v) is 4.37. The van der Waals surface area contributed by atoms with Gasteiger partial charge in [0.25, 0.3) is 5.91 Å². The second-order valence-electron chi connectivity index (χ2n) is 4.37. The first kappa shape index (κ1) is 14.0. The number of hydrogen-bond acceptors (Lipinski definition) is 3. The summed E-state index contributed by atoms with van der Waals surface area (Å²) in [6, 6.07) is 7.57. The first-order chi connectivity index (χ1) is 9.60. The van der Waals surface area contributed by atoms with E-state index in [1.807, 2.05) is 13.8 Å². The number of anilines is 2. The number of carbonyl (C=O) groups excluding carboxylic acids is 1. The molecule has 1 aromatic heterocycles. The van der Waals surface area contributed by atoms with E-state index in [1.54, 1.807) is 24.4 Å². The summed E-state index contributed by atoms with van der Waals surface area (Å²) >= 11 is 0. The summed E-state index contributed by atoms with van der Waals surface area (Å²) in [6.07, 6.45) is 1.56. The normalized spacial score (nSPS) is 10.2. The van der Waals surface area contributed by atoms with Crippen molar-refractivity contribution < 1.29 is 9.18 Å². The molecule has 1 amide bonds. The Labute approximate surface area is 117 Å². The average Bonchev–Trinajstić information content (AvgIpc) is 2.43. The molecule has 1 aromatic carbocycles. The zero-order chi connectivity index (χ0) is 14.5. The lowest BCUT2D eigenvalue weighted by molar-refractivity contribution is 0.102. The molecule has 0 saturated carbocycles. The van der Waals surface area contributed by atoms with E-state index >= 15 is 0 Å². The van der Waals surface area contributed by atoms with Gasteiger partial charge in [-0.2, -0.15) is 0 Å². The van der Waals surface area contributed by atoms with Gasteiger partial charge in [-0.3, -0.25) is 4.79 Å². The Bertz CT molecular complexity index is 628. The van der Waals surface area contributed by atoms with Crippen molar-refractivity contribution in [2.45, 2.75) is 13.8 Å². The maximum Gasteiger partial charge on any atom is 0.255 e. The molecule has 0 saturated heterocycles. The van der Waals surface area contributed by atoms with Crippen molar-refractivity contribution in [2.24, 2.45) is 0 Å². The Morgan fingerprint density at radius 1 is 1.30 bits per heavy atom. The lowest BCUT2D eigenvalue weighted by Crippen LogP contribution is -2.13. The van der Waals surface area contributed by atoms with Gasteiger partial charge in [0.2, 0.25) is 0 Å². The first-order valence-electron chi connectivity index (χ1n) is 6.37. The Hall–Kier alpha value is -2.43. The summed E-state index contributed by atoms with van der Waals surface area (Å²) in [5.74, 6) is -0.0367. The molecule has 1 heterocycles. The van der Waals surface area contributed by atoms with Gasteiger partial charge in [-0.05, 0) is 43.7 Å². The minimum atomic E-state index is -0.381. The quantitative estimate of drug-likeness (QED) is 0.899. The molecule has 0 aliphatic heterocycles. The fourth-order valence-electron chi connectivity index (χ4n) is 1.77. The highest BCUT2D eigenvalue weighted by Gasteiger charge is 2.09. The molecule has 0 spiro atoms. The summed E-state index contributed by atoms with van der Waals surface area (Å²) in [6.45, 7) is 4.48. The highest BCUT2D eigenvalue weighted by molar-refractivity contribution is 6.05. The standard InChI is InChI=1S/C15H16FN3O/c1-3-17-14-8-11(6-7-18-14)15(20)19-13-9-12(16)5-4-10(13)2/h4-9H,3H2,1-2H3,(H,17,18)(H,19,20). The number of pyridine rings is 1. The molecule has 0 bridgehead atoms. The van der Waals surface area contributed by atoms with E-state index in [1.165, 1.54) is 12.1 Å². The van der Waals surface area contributed by atoms with E-state index in [9.17, 15) is 9.18 Å². The van der Waals surface area contributed by atoms with Crippen LogP contribution < -0.4 is 10.6 Å². The number of halogens is 1. The average molecular weight is 273 g/mol. The number of aromatic nitrogens is 1. The summed E-state index contributed by atoms with van der Waals surface area (Å²) in [5, 5.41) is 5.74. The molecule has 0 atom stereocenters. The lowest BCUT2D eigenvalue weighted by Gasteiger charge is -2.09. The number of hydrogen-bond donors (Lipinski definition) is 2. The van der Waals surface area contributed by atoms with Gasteiger partial charge in [0.15, 0.2) is 0 Å². The van der Waals surface area contributed by atoms with E-state index in [4.69, 9.17) is 0 Å². The summed E-state index contributed by atoms with van der Waals surface area (Å²) in [7, 11) is 0. The molecule has 0 radical (unpaired) electrons. The fourth-order valence-corrected chi connectivity index (χ4v) is 1.77. The van der Waals surface area contributed by atoms with Crippen molar-refractivity contribution in [2.75, 3.05) is 17.2 Å². The number of rotatable bonds is 4. The Kier molecular flexibility index (Phi) is 4.30. The van der Waals surface area contributed by atoms with Crippen LogP contribution in [0.5, 0.6) is 0 Å². The molecule has 2 aromatic rings. The second kappa shape index (κ2) is 6.14. The van der Waals surface area contributed by atoms with E-state index in [2.05, 4.69) is 15.6 Å². The first-order valence-corrected chi connectivity index (χ1v) is 6.37. The van der Waals surface area contributed by atoms with Gasteiger partial charge >= 0.3 is 0 Å². The minimum Gasteiger partial charge on any atom is -0.370 e. The molecule has 0 fully saturated rings. The maximum absolute atomic E-state index is 13.2. The van der Waals surface area contributed by atoms with Crippen LogP contribution in [0.15, 0.2) is 36.5 Å². The van der Waals surface area contributed by atoms with Crippen LogP contribution in [-0.2, 0) is 0 Å². The predicted molar refractivity (Wildman–Crippen MR) is 77.5 cm³/mol. The Morgan fingerprint density at radius 3 is 2.85 bits per heavy atom. The number of amides is 1. The Balaban J connectivity index is 2.19. The lowest BCUT2D eigenvalue weighted by atomic mass is 10.1. The Morgan fingerprint density at radius 2 is 2.10 bits per heavy atom. The number of nitrogens with one attached hydrogen (secondary N) is 2. The topological polar surface area (TPSA) is 54.0 Å². The summed E-state index contributed by atoms with van der Waals surface area (Å²) in [5.41, 5.74) is 1.75. The number of carbonyl (C=O) groups is 1. The summed E-state index contributed by atoms with van der Waals surface area (Å²) < 4.78 is 13.2.